The maximum Gasteiger partial charge on any atom is 0.270 e. The number of nitrogens with zero attached hydrogens (tertiary/aromatic N) is 2. The second kappa shape index (κ2) is 6.75. The van der Waals surface area contributed by atoms with Gasteiger partial charge in [-0.3, -0.25) is 9.59 Å². The Morgan fingerprint density at radius 3 is 2.85 bits per heavy atom. The zero-order chi connectivity index (χ0) is 18.1. The van der Waals surface area contributed by atoms with Crippen molar-refractivity contribution in [1.82, 2.24) is 9.97 Å². The van der Waals surface area contributed by atoms with E-state index >= 15 is 0 Å². The molecule has 1 aliphatic rings. The van der Waals surface area contributed by atoms with Crippen molar-refractivity contribution >= 4 is 22.6 Å². The van der Waals surface area contributed by atoms with E-state index in [0.717, 1.165) is 24.0 Å². The van der Waals surface area contributed by atoms with E-state index in [1.165, 1.54) is 5.56 Å². The number of para-hydroxylation sites is 3. The molecule has 0 bridgehead atoms. The van der Waals surface area contributed by atoms with E-state index in [9.17, 15) is 9.59 Å². The number of carbonyl (C=O) groups is 1. The second-order valence-corrected chi connectivity index (χ2v) is 6.81. The molecule has 2 aromatic carbocycles. The Morgan fingerprint density at radius 2 is 1.96 bits per heavy atom. The molecule has 1 atom stereocenters. The van der Waals surface area contributed by atoms with Crippen LogP contribution in [0.5, 0.6) is 0 Å². The Kier molecular flexibility index (Phi) is 4.29. The number of amides is 1. The summed E-state index contributed by atoms with van der Waals surface area (Å²) < 4.78 is 0. The number of aromatic amines is 1. The lowest BCUT2D eigenvalue weighted by molar-refractivity contribution is -0.119. The lowest BCUT2D eigenvalue weighted by Gasteiger charge is -2.35. The van der Waals surface area contributed by atoms with Gasteiger partial charge in [0.1, 0.15) is 5.69 Å². The molecule has 5 heteroatoms. The van der Waals surface area contributed by atoms with Gasteiger partial charge in [0, 0.05) is 24.6 Å². The average Bonchev–Trinajstić information content (AvgIpc) is 2.66. The molecule has 4 rings (SSSR count). The zero-order valence-corrected chi connectivity index (χ0v) is 14.7. The van der Waals surface area contributed by atoms with Crippen LogP contribution in [0.3, 0.4) is 0 Å². The number of benzene rings is 2. The first-order valence-electron chi connectivity index (χ1n) is 9.01. The van der Waals surface area contributed by atoms with Crippen LogP contribution in [0.1, 0.15) is 31.0 Å². The van der Waals surface area contributed by atoms with Crippen LogP contribution in [0, 0.1) is 0 Å². The van der Waals surface area contributed by atoms with Crippen LogP contribution >= 0.6 is 0 Å². The average molecular weight is 347 g/mol. The van der Waals surface area contributed by atoms with Crippen molar-refractivity contribution in [3.05, 3.63) is 70.1 Å². The Bertz CT molecular complexity index is 1020. The van der Waals surface area contributed by atoms with Crippen LogP contribution in [0.4, 0.5) is 5.69 Å². The van der Waals surface area contributed by atoms with Gasteiger partial charge in [0.2, 0.25) is 5.91 Å². The summed E-state index contributed by atoms with van der Waals surface area (Å²) in [7, 11) is 0. The Labute approximate surface area is 151 Å². The quantitative estimate of drug-likeness (QED) is 0.791. The highest BCUT2D eigenvalue weighted by Crippen LogP contribution is 2.31. The molecule has 26 heavy (non-hydrogen) atoms. The smallest absolute Gasteiger partial charge is 0.270 e. The van der Waals surface area contributed by atoms with Crippen molar-refractivity contribution in [2.45, 2.75) is 38.6 Å². The Hall–Kier alpha value is -2.95. The standard InChI is InChI=1S/C21H21N3O2/c1-14-10-11-15-6-2-5-9-19(15)24(14)20(25)13-12-18-21(26)23-17-8-4-3-7-16(17)22-18/h2-9,14H,10-13H2,1H3,(H,23,26). The van der Waals surface area contributed by atoms with E-state index in [1.807, 2.05) is 47.4 Å². The lowest BCUT2D eigenvalue weighted by Crippen LogP contribution is -2.42. The summed E-state index contributed by atoms with van der Waals surface area (Å²) in [6, 6.07) is 15.7. The molecule has 1 aliphatic heterocycles. The minimum Gasteiger partial charge on any atom is -0.319 e. The summed E-state index contributed by atoms with van der Waals surface area (Å²) in [5.41, 5.74) is 3.85. The number of rotatable bonds is 3. The molecule has 0 saturated heterocycles. The fraction of sp³-hybridized carbons (Fsp3) is 0.286. The molecule has 1 N–H and O–H groups in total. The van der Waals surface area contributed by atoms with E-state index in [2.05, 4.69) is 23.0 Å². The van der Waals surface area contributed by atoms with Gasteiger partial charge in [0.05, 0.1) is 11.0 Å². The number of H-pyrrole nitrogens is 1. The van der Waals surface area contributed by atoms with E-state index < -0.39 is 0 Å². The number of aryl methyl sites for hydroxylation is 2. The molecule has 1 amide bonds. The maximum atomic E-state index is 12.9. The second-order valence-electron chi connectivity index (χ2n) is 6.81. The van der Waals surface area contributed by atoms with Crippen LogP contribution in [-0.2, 0) is 17.6 Å². The van der Waals surface area contributed by atoms with E-state index in [-0.39, 0.29) is 23.9 Å². The summed E-state index contributed by atoms with van der Waals surface area (Å²) in [4.78, 5) is 34.3. The Balaban J connectivity index is 1.56. The van der Waals surface area contributed by atoms with E-state index in [0.29, 0.717) is 17.6 Å². The van der Waals surface area contributed by atoms with Crippen LogP contribution in [0.25, 0.3) is 11.0 Å². The van der Waals surface area contributed by atoms with Gasteiger partial charge in [-0.1, -0.05) is 30.3 Å². The molecule has 0 spiro atoms. The van der Waals surface area contributed by atoms with Crippen molar-refractivity contribution in [2.24, 2.45) is 0 Å². The topological polar surface area (TPSA) is 66.1 Å². The molecule has 5 nitrogen and oxygen atoms in total. The van der Waals surface area contributed by atoms with Crippen LogP contribution in [-0.4, -0.2) is 21.9 Å². The lowest BCUT2D eigenvalue weighted by atomic mass is 9.96. The number of anilines is 1. The summed E-state index contributed by atoms with van der Waals surface area (Å²) in [6.45, 7) is 2.08. The fourth-order valence-electron chi connectivity index (χ4n) is 3.65. The minimum absolute atomic E-state index is 0.0407. The summed E-state index contributed by atoms with van der Waals surface area (Å²) in [5.74, 6) is 0.0407. The van der Waals surface area contributed by atoms with Crippen molar-refractivity contribution < 1.29 is 4.79 Å². The van der Waals surface area contributed by atoms with Crippen LogP contribution in [0.2, 0.25) is 0 Å². The third-order valence-electron chi connectivity index (χ3n) is 5.04. The van der Waals surface area contributed by atoms with Gasteiger partial charge in [-0.05, 0) is 43.5 Å². The first-order chi connectivity index (χ1) is 12.6. The fourth-order valence-corrected chi connectivity index (χ4v) is 3.65. The molecule has 0 aliphatic carbocycles. The first kappa shape index (κ1) is 16.5. The normalized spacial score (nSPS) is 16.5. The molecule has 3 aromatic rings. The number of hydrogen-bond acceptors (Lipinski definition) is 3. The number of hydrogen-bond donors (Lipinski definition) is 1. The number of aromatic nitrogens is 2. The molecule has 1 unspecified atom stereocenters. The molecule has 0 radical (unpaired) electrons. The zero-order valence-electron chi connectivity index (χ0n) is 14.7. The third-order valence-corrected chi connectivity index (χ3v) is 5.04. The number of carbonyl (C=O) groups excluding carboxylic acids is 1. The molecule has 2 heterocycles. The largest absolute Gasteiger partial charge is 0.319 e. The van der Waals surface area contributed by atoms with Gasteiger partial charge < -0.3 is 9.88 Å². The van der Waals surface area contributed by atoms with Crippen molar-refractivity contribution in [3.63, 3.8) is 0 Å². The highest BCUT2D eigenvalue weighted by atomic mass is 16.2. The van der Waals surface area contributed by atoms with Gasteiger partial charge >= 0.3 is 0 Å². The predicted molar refractivity (Wildman–Crippen MR) is 102 cm³/mol. The van der Waals surface area contributed by atoms with Crippen molar-refractivity contribution in [1.29, 1.82) is 0 Å². The summed E-state index contributed by atoms with van der Waals surface area (Å²) in [5, 5.41) is 0. The third kappa shape index (κ3) is 3.01. The van der Waals surface area contributed by atoms with Crippen molar-refractivity contribution in [2.75, 3.05) is 4.90 Å². The maximum absolute atomic E-state index is 12.9. The van der Waals surface area contributed by atoms with Gasteiger partial charge in [0.25, 0.3) is 5.56 Å². The number of nitrogens with one attached hydrogen (secondary N) is 1. The van der Waals surface area contributed by atoms with Gasteiger partial charge in [-0.25, -0.2) is 4.98 Å². The van der Waals surface area contributed by atoms with Gasteiger partial charge in [0.15, 0.2) is 0 Å². The minimum atomic E-state index is -0.219. The molecule has 0 saturated carbocycles. The SMILES string of the molecule is CC1CCc2ccccc2N1C(=O)CCc1nc2ccccc2[nH]c1=O. The highest BCUT2D eigenvalue weighted by Gasteiger charge is 2.27. The number of fused-ring (bicyclic) bond motifs is 2. The van der Waals surface area contributed by atoms with Crippen molar-refractivity contribution in [3.8, 4) is 0 Å². The summed E-state index contributed by atoms with van der Waals surface area (Å²) >= 11 is 0. The van der Waals surface area contributed by atoms with Crippen LogP contribution in [0.15, 0.2) is 53.3 Å². The monoisotopic (exact) mass is 347 g/mol. The predicted octanol–water partition coefficient (Wildman–Crippen LogP) is 3.22. The van der Waals surface area contributed by atoms with E-state index in [4.69, 9.17) is 0 Å². The molecule has 132 valence electrons. The van der Waals surface area contributed by atoms with Crippen LogP contribution < -0.4 is 10.5 Å². The van der Waals surface area contributed by atoms with E-state index in [1.54, 1.807) is 0 Å². The molecule has 1 aromatic heterocycles. The molecule has 0 fully saturated rings. The highest BCUT2D eigenvalue weighted by molar-refractivity contribution is 5.95. The molecular formula is C21H21N3O2. The molecular weight excluding hydrogens is 326 g/mol. The summed E-state index contributed by atoms with van der Waals surface area (Å²) in [6.07, 6.45) is 2.56. The Morgan fingerprint density at radius 1 is 1.19 bits per heavy atom. The van der Waals surface area contributed by atoms with Gasteiger partial charge in [-0.2, -0.15) is 0 Å². The first-order valence-corrected chi connectivity index (χ1v) is 9.01. The van der Waals surface area contributed by atoms with Gasteiger partial charge in [-0.15, -0.1) is 0 Å².